The first kappa shape index (κ1) is 22.7. The summed E-state index contributed by atoms with van der Waals surface area (Å²) < 4.78 is 13.0. The monoisotopic (exact) mass is 471 g/mol. The summed E-state index contributed by atoms with van der Waals surface area (Å²) in [6.45, 7) is 2.33. The predicted octanol–water partition coefficient (Wildman–Crippen LogP) is 4.51. The van der Waals surface area contributed by atoms with Crippen molar-refractivity contribution in [3.8, 4) is 34.1 Å². The highest BCUT2D eigenvalue weighted by atomic mass is 16.5. The van der Waals surface area contributed by atoms with Crippen molar-refractivity contribution in [3.63, 3.8) is 0 Å². The van der Waals surface area contributed by atoms with Gasteiger partial charge in [-0.15, -0.1) is 0 Å². The van der Waals surface area contributed by atoms with Gasteiger partial charge >= 0.3 is 0 Å². The minimum Gasteiger partial charge on any atom is -0.497 e. The molecule has 8 heteroatoms. The number of H-pyrrole nitrogens is 1. The molecule has 8 nitrogen and oxygen atoms in total. The molecule has 0 aliphatic carbocycles. The Bertz CT molecular complexity index is 1290. The summed E-state index contributed by atoms with van der Waals surface area (Å²) in [4.78, 5) is 19.6. The van der Waals surface area contributed by atoms with Gasteiger partial charge in [0.1, 0.15) is 23.0 Å². The molecule has 5 rings (SSSR count). The number of hydrogen-bond donors (Lipinski definition) is 1. The number of methoxy groups -OCH3 is 2. The molecule has 1 aliphatic rings. The molecule has 2 aromatic carbocycles. The Hall–Kier alpha value is -4.07. The number of aromatic amines is 1. The molecule has 1 amide bonds. The van der Waals surface area contributed by atoms with Crippen molar-refractivity contribution in [2.24, 2.45) is 5.92 Å². The number of piperidine rings is 1. The van der Waals surface area contributed by atoms with Crippen LogP contribution in [0.25, 0.3) is 22.6 Å². The highest BCUT2D eigenvalue weighted by Crippen LogP contribution is 2.33. The van der Waals surface area contributed by atoms with E-state index in [0.29, 0.717) is 28.8 Å². The van der Waals surface area contributed by atoms with E-state index in [-0.39, 0.29) is 5.91 Å². The summed E-state index contributed by atoms with van der Waals surface area (Å²) in [7, 11) is 3.23. The number of benzene rings is 2. The number of aromatic nitrogens is 4. The van der Waals surface area contributed by atoms with E-state index in [2.05, 4.69) is 31.9 Å². The minimum absolute atomic E-state index is 0.0309. The van der Waals surface area contributed by atoms with Gasteiger partial charge < -0.3 is 18.9 Å². The van der Waals surface area contributed by atoms with E-state index in [0.717, 1.165) is 49.4 Å². The Morgan fingerprint density at radius 2 is 1.86 bits per heavy atom. The fourth-order valence-corrected chi connectivity index (χ4v) is 4.65. The number of carbonyl (C=O) groups is 1. The second-order valence-electron chi connectivity index (χ2n) is 8.74. The molecule has 0 radical (unpaired) electrons. The van der Waals surface area contributed by atoms with Crippen LogP contribution in [0, 0.1) is 5.92 Å². The second kappa shape index (κ2) is 10.0. The molecule has 0 saturated carbocycles. The van der Waals surface area contributed by atoms with Crippen LogP contribution < -0.4 is 9.47 Å². The van der Waals surface area contributed by atoms with Crippen molar-refractivity contribution < 1.29 is 14.3 Å². The van der Waals surface area contributed by atoms with Crippen LogP contribution in [-0.4, -0.2) is 57.9 Å². The first-order valence-electron chi connectivity index (χ1n) is 11.8. The Morgan fingerprint density at radius 3 is 2.60 bits per heavy atom. The van der Waals surface area contributed by atoms with Gasteiger partial charge in [-0.1, -0.05) is 30.3 Å². The number of nitrogens with one attached hydrogen (secondary N) is 1. The number of likely N-dealkylation sites (tertiary alicyclic amines) is 1. The number of amides is 1. The lowest BCUT2D eigenvalue weighted by Crippen LogP contribution is -2.39. The molecule has 4 aromatic rings. The number of ether oxygens (including phenoxy) is 2. The van der Waals surface area contributed by atoms with E-state index in [1.54, 1.807) is 20.3 Å². The van der Waals surface area contributed by atoms with Gasteiger partial charge in [0.2, 0.25) is 0 Å². The standard InChI is InChI=1S/C27H29N5O3/c1-34-21-8-9-25(35-2)22(16-21)23-17-24(30-29-23)27(33)31-13-10-19(11-14-31)18-32-15-12-28-26(32)20-6-4-3-5-7-20/h3-9,12,15-17,19H,10-11,13-14,18H2,1-2H3,(H,29,30). The zero-order chi connectivity index (χ0) is 24.2. The maximum Gasteiger partial charge on any atom is 0.271 e. The molecule has 2 aromatic heterocycles. The summed E-state index contributed by atoms with van der Waals surface area (Å²) in [6, 6.07) is 17.5. The van der Waals surface area contributed by atoms with Crippen LogP contribution in [0.5, 0.6) is 11.5 Å². The Kier molecular flexibility index (Phi) is 6.52. The Balaban J connectivity index is 1.23. The van der Waals surface area contributed by atoms with Crippen LogP contribution in [0.3, 0.4) is 0 Å². The van der Waals surface area contributed by atoms with Gasteiger partial charge in [-0.25, -0.2) is 4.98 Å². The lowest BCUT2D eigenvalue weighted by molar-refractivity contribution is 0.0677. The second-order valence-corrected chi connectivity index (χ2v) is 8.74. The van der Waals surface area contributed by atoms with Crippen molar-refractivity contribution in [1.82, 2.24) is 24.6 Å². The van der Waals surface area contributed by atoms with E-state index in [1.165, 1.54) is 0 Å². The average molecular weight is 472 g/mol. The number of rotatable bonds is 7. The third-order valence-corrected chi connectivity index (χ3v) is 6.59. The third kappa shape index (κ3) is 4.77. The first-order valence-corrected chi connectivity index (χ1v) is 11.8. The molecule has 0 unspecified atom stereocenters. The summed E-state index contributed by atoms with van der Waals surface area (Å²) in [5.74, 6) is 2.83. The molecule has 0 spiro atoms. The van der Waals surface area contributed by atoms with Crippen LogP contribution in [-0.2, 0) is 6.54 Å². The van der Waals surface area contributed by atoms with Crippen molar-refractivity contribution in [2.75, 3.05) is 27.3 Å². The van der Waals surface area contributed by atoms with Gasteiger partial charge in [0.15, 0.2) is 0 Å². The molecule has 0 atom stereocenters. The smallest absolute Gasteiger partial charge is 0.271 e. The van der Waals surface area contributed by atoms with Crippen molar-refractivity contribution in [1.29, 1.82) is 0 Å². The van der Waals surface area contributed by atoms with E-state index < -0.39 is 0 Å². The lowest BCUT2D eigenvalue weighted by atomic mass is 9.96. The number of hydrogen-bond acceptors (Lipinski definition) is 5. The average Bonchev–Trinajstić information content (AvgIpc) is 3.59. The molecule has 1 aliphatic heterocycles. The van der Waals surface area contributed by atoms with Gasteiger partial charge in [0.05, 0.1) is 19.9 Å². The number of nitrogens with zero attached hydrogens (tertiary/aromatic N) is 4. The van der Waals surface area contributed by atoms with Gasteiger partial charge in [0, 0.05) is 43.2 Å². The van der Waals surface area contributed by atoms with E-state index in [1.807, 2.05) is 53.7 Å². The quantitative estimate of drug-likeness (QED) is 0.429. The minimum atomic E-state index is -0.0309. The summed E-state index contributed by atoms with van der Waals surface area (Å²) in [6.07, 6.45) is 5.79. The maximum atomic E-state index is 13.2. The van der Waals surface area contributed by atoms with Crippen LogP contribution in [0.1, 0.15) is 23.3 Å². The highest BCUT2D eigenvalue weighted by molar-refractivity contribution is 5.93. The van der Waals surface area contributed by atoms with Crippen LogP contribution in [0.2, 0.25) is 0 Å². The van der Waals surface area contributed by atoms with Crippen LogP contribution in [0.15, 0.2) is 67.0 Å². The van der Waals surface area contributed by atoms with Gasteiger partial charge in [-0.05, 0) is 43.0 Å². The first-order chi connectivity index (χ1) is 17.2. The topological polar surface area (TPSA) is 85.3 Å². The SMILES string of the molecule is COc1ccc(OC)c(-c2cc(C(=O)N3CCC(Cn4ccnc4-c4ccccc4)CC3)[nH]n2)c1. The summed E-state index contributed by atoms with van der Waals surface area (Å²) >= 11 is 0. The highest BCUT2D eigenvalue weighted by Gasteiger charge is 2.26. The van der Waals surface area contributed by atoms with Gasteiger partial charge in [-0.3, -0.25) is 9.89 Å². The zero-order valence-electron chi connectivity index (χ0n) is 20.0. The molecule has 35 heavy (non-hydrogen) atoms. The lowest BCUT2D eigenvalue weighted by Gasteiger charge is -2.32. The maximum absolute atomic E-state index is 13.2. The van der Waals surface area contributed by atoms with Crippen molar-refractivity contribution in [3.05, 3.63) is 72.7 Å². The van der Waals surface area contributed by atoms with E-state index in [9.17, 15) is 4.79 Å². The predicted molar refractivity (Wildman–Crippen MR) is 133 cm³/mol. The molecular formula is C27H29N5O3. The van der Waals surface area contributed by atoms with Gasteiger partial charge in [0.25, 0.3) is 5.91 Å². The molecular weight excluding hydrogens is 442 g/mol. The number of imidazole rings is 1. The molecule has 0 bridgehead atoms. The third-order valence-electron chi connectivity index (χ3n) is 6.59. The molecule has 1 N–H and O–H groups in total. The van der Waals surface area contributed by atoms with Crippen molar-refractivity contribution in [2.45, 2.75) is 19.4 Å². The van der Waals surface area contributed by atoms with Crippen LogP contribution >= 0.6 is 0 Å². The van der Waals surface area contributed by atoms with E-state index >= 15 is 0 Å². The summed E-state index contributed by atoms with van der Waals surface area (Å²) in [5, 5.41) is 7.28. The largest absolute Gasteiger partial charge is 0.497 e. The Morgan fingerprint density at radius 1 is 1.06 bits per heavy atom. The van der Waals surface area contributed by atoms with Crippen molar-refractivity contribution >= 4 is 5.91 Å². The Labute approximate surface area is 204 Å². The molecule has 1 saturated heterocycles. The van der Waals surface area contributed by atoms with Gasteiger partial charge in [-0.2, -0.15) is 5.10 Å². The normalized spacial score (nSPS) is 14.2. The fraction of sp³-hybridized carbons (Fsp3) is 0.296. The molecule has 1 fully saturated rings. The molecule has 3 heterocycles. The van der Waals surface area contributed by atoms with Crippen LogP contribution in [0.4, 0.5) is 0 Å². The summed E-state index contributed by atoms with van der Waals surface area (Å²) in [5.41, 5.74) is 3.01. The molecule has 180 valence electrons. The van der Waals surface area contributed by atoms with E-state index in [4.69, 9.17) is 9.47 Å². The fourth-order valence-electron chi connectivity index (χ4n) is 4.65. The zero-order valence-corrected chi connectivity index (χ0v) is 20.0. The number of carbonyl (C=O) groups excluding carboxylic acids is 1.